The Morgan fingerprint density at radius 3 is 2.25 bits per heavy atom. The molecule has 132 valence electrons. The van der Waals surface area contributed by atoms with Crippen molar-refractivity contribution in [3.8, 4) is 5.75 Å². The SMILES string of the molecule is CN1CCN(C(=O)[C@H](O)[C@@H](O)C(=O)NCc2ccc(O)cc2)CC1. The Bertz CT molecular complexity index is 570. The fourth-order valence-electron chi connectivity index (χ4n) is 2.40. The maximum atomic E-state index is 12.2. The van der Waals surface area contributed by atoms with Crippen molar-refractivity contribution in [2.45, 2.75) is 18.8 Å². The molecule has 1 aromatic rings. The number of piperazine rings is 1. The lowest BCUT2D eigenvalue weighted by atomic mass is 10.1. The molecule has 1 aliphatic rings. The number of benzene rings is 1. The summed E-state index contributed by atoms with van der Waals surface area (Å²) in [6.07, 6.45) is -3.61. The lowest BCUT2D eigenvalue weighted by molar-refractivity contribution is -0.154. The number of hydrogen-bond acceptors (Lipinski definition) is 6. The molecule has 1 fully saturated rings. The third-order valence-corrected chi connectivity index (χ3v) is 4.04. The highest BCUT2D eigenvalue weighted by molar-refractivity contribution is 5.90. The predicted molar refractivity (Wildman–Crippen MR) is 86.0 cm³/mol. The van der Waals surface area contributed by atoms with E-state index in [1.807, 2.05) is 7.05 Å². The van der Waals surface area contributed by atoms with E-state index in [-0.39, 0.29) is 12.3 Å². The molecule has 8 nitrogen and oxygen atoms in total. The molecule has 4 N–H and O–H groups in total. The summed E-state index contributed by atoms with van der Waals surface area (Å²) in [4.78, 5) is 27.6. The van der Waals surface area contributed by atoms with Gasteiger partial charge in [-0.2, -0.15) is 0 Å². The van der Waals surface area contributed by atoms with E-state index < -0.39 is 24.0 Å². The zero-order chi connectivity index (χ0) is 17.7. The van der Waals surface area contributed by atoms with E-state index >= 15 is 0 Å². The molecule has 8 heteroatoms. The van der Waals surface area contributed by atoms with Crippen LogP contribution in [0.5, 0.6) is 5.75 Å². The van der Waals surface area contributed by atoms with E-state index in [4.69, 9.17) is 0 Å². The van der Waals surface area contributed by atoms with E-state index in [0.29, 0.717) is 31.7 Å². The molecule has 1 heterocycles. The summed E-state index contributed by atoms with van der Waals surface area (Å²) in [5.74, 6) is -1.35. The molecule has 1 saturated heterocycles. The molecule has 0 radical (unpaired) electrons. The standard InChI is InChI=1S/C16H23N3O5/c1-18-6-8-19(9-7-18)16(24)14(22)13(21)15(23)17-10-11-2-4-12(20)5-3-11/h2-5,13-14,20-22H,6-10H2,1H3,(H,17,23)/t13-,14-/m1/s1. The van der Waals surface area contributed by atoms with Gasteiger partial charge in [-0.25, -0.2) is 0 Å². The number of hydrogen-bond donors (Lipinski definition) is 4. The van der Waals surface area contributed by atoms with Crippen LogP contribution in [-0.4, -0.2) is 82.4 Å². The van der Waals surface area contributed by atoms with E-state index in [2.05, 4.69) is 10.2 Å². The van der Waals surface area contributed by atoms with Crippen molar-refractivity contribution >= 4 is 11.8 Å². The van der Waals surface area contributed by atoms with E-state index in [1.165, 1.54) is 17.0 Å². The number of aliphatic hydroxyl groups excluding tert-OH is 2. The number of phenols is 1. The number of aromatic hydroxyl groups is 1. The zero-order valence-electron chi connectivity index (χ0n) is 13.6. The predicted octanol–water partition coefficient (Wildman–Crippen LogP) is -1.50. The average Bonchev–Trinajstić information content (AvgIpc) is 2.59. The molecule has 0 unspecified atom stereocenters. The first-order valence-electron chi connectivity index (χ1n) is 7.77. The minimum atomic E-state index is -1.82. The number of carbonyl (C=O) groups excluding carboxylic acids is 2. The highest BCUT2D eigenvalue weighted by atomic mass is 16.3. The Labute approximate surface area is 140 Å². The van der Waals surface area contributed by atoms with Crippen LogP contribution in [0.2, 0.25) is 0 Å². The smallest absolute Gasteiger partial charge is 0.254 e. The van der Waals surface area contributed by atoms with Crippen LogP contribution in [0.15, 0.2) is 24.3 Å². The Hall–Kier alpha value is -2.16. The topological polar surface area (TPSA) is 113 Å². The number of nitrogens with zero attached hydrogens (tertiary/aromatic N) is 2. The van der Waals surface area contributed by atoms with Crippen LogP contribution >= 0.6 is 0 Å². The second-order valence-electron chi connectivity index (χ2n) is 5.90. The molecule has 0 bridgehead atoms. The van der Waals surface area contributed by atoms with Gasteiger partial charge < -0.3 is 30.4 Å². The molecular weight excluding hydrogens is 314 g/mol. The van der Waals surface area contributed by atoms with Crippen molar-refractivity contribution in [1.82, 2.24) is 15.1 Å². The summed E-state index contributed by atoms with van der Waals surface area (Å²) in [6, 6.07) is 6.19. The third-order valence-electron chi connectivity index (χ3n) is 4.04. The molecule has 0 aromatic heterocycles. The van der Waals surface area contributed by atoms with Gasteiger partial charge in [0.2, 0.25) is 0 Å². The summed E-state index contributed by atoms with van der Waals surface area (Å²) < 4.78 is 0. The first kappa shape index (κ1) is 18.2. The van der Waals surface area contributed by atoms with Gasteiger partial charge in [0.1, 0.15) is 5.75 Å². The second kappa shape index (κ2) is 8.09. The number of nitrogens with one attached hydrogen (secondary N) is 1. The van der Waals surface area contributed by atoms with Gasteiger partial charge in [0.05, 0.1) is 0 Å². The van der Waals surface area contributed by atoms with Crippen LogP contribution < -0.4 is 5.32 Å². The monoisotopic (exact) mass is 337 g/mol. The van der Waals surface area contributed by atoms with Crippen molar-refractivity contribution in [2.24, 2.45) is 0 Å². The van der Waals surface area contributed by atoms with Gasteiger partial charge in [0.25, 0.3) is 11.8 Å². The van der Waals surface area contributed by atoms with Gasteiger partial charge in [-0.3, -0.25) is 9.59 Å². The van der Waals surface area contributed by atoms with Gasteiger partial charge >= 0.3 is 0 Å². The molecule has 0 saturated carbocycles. The van der Waals surface area contributed by atoms with Crippen molar-refractivity contribution in [3.05, 3.63) is 29.8 Å². The van der Waals surface area contributed by atoms with E-state index in [0.717, 1.165) is 0 Å². The minimum absolute atomic E-state index is 0.110. The number of carbonyl (C=O) groups is 2. The fourth-order valence-corrected chi connectivity index (χ4v) is 2.40. The molecular formula is C16H23N3O5. The van der Waals surface area contributed by atoms with E-state index in [1.54, 1.807) is 12.1 Å². The van der Waals surface area contributed by atoms with Gasteiger partial charge in [-0.05, 0) is 24.7 Å². The van der Waals surface area contributed by atoms with Crippen LogP contribution in [0.25, 0.3) is 0 Å². The molecule has 0 spiro atoms. The Morgan fingerprint density at radius 2 is 1.67 bits per heavy atom. The van der Waals surface area contributed by atoms with Gasteiger partial charge in [0.15, 0.2) is 12.2 Å². The fraction of sp³-hybridized carbons (Fsp3) is 0.500. The normalized spacial score (nSPS) is 18.0. The highest BCUT2D eigenvalue weighted by Crippen LogP contribution is 2.10. The lowest BCUT2D eigenvalue weighted by Gasteiger charge is -2.34. The van der Waals surface area contributed by atoms with Crippen LogP contribution in [0, 0.1) is 0 Å². The van der Waals surface area contributed by atoms with Crippen LogP contribution in [0.3, 0.4) is 0 Å². The van der Waals surface area contributed by atoms with Crippen molar-refractivity contribution in [2.75, 3.05) is 33.2 Å². The number of likely N-dealkylation sites (N-methyl/N-ethyl adjacent to an activating group) is 1. The molecule has 2 rings (SSSR count). The summed E-state index contributed by atoms with van der Waals surface area (Å²) >= 11 is 0. The maximum Gasteiger partial charge on any atom is 0.254 e. The second-order valence-corrected chi connectivity index (χ2v) is 5.90. The Morgan fingerprint density at radius 1 is 1.08 bits per heavy atom. The Balaban J connectivity index is 1.84. The van der Waals surface area contributed by atoms with Crippen LogP contribution in [-0.2, 0) is 16.1 Å². The summed E-state index contributed by atoms with van der Waals surface area (Å²) in [5.41, 5.74) is 0.716. The molecule has 2 amide bonds. The molecule has 2 atom stereocenters. The molecule has 1 aromatic carbocycles. The highest BCUT2D eigenvalue weighted by Gasteiger charge is 2.34. The summed E-state index contributed by atoms with van der Waals surface area (Å²) in [5, 5.41) is 31.5. The molecule has 0 aliphatic carbocycles. The van der Waals surface area contributed by atoms with E-state index in [9.17, 15) is 24.9 Å². The zero-order valence-corrected chi connectivity index (χ0v) is 13.6. The average molecular weight is 337 g/mol. The summed E-state index contributed by atoms with van der Waals surface area (Å²) in [6.45, 7) is 2.39. The maximum absolute atomic E-state index is 12.2. The van der Waals surface area contributed by atoms with Gasteiger partial charge in [-0.1, -0.05) is 12.1 Å². The largest absolute Gasteiger partial charge is 0.508 e. The van der Waals surface area contributed by atoms with Crippen molar-refractivity contribution < 1.29 is 24.9 Å². The van der Waals surface area contributed by atoms with Crippen LogP contribution in [0.1, 0.15) is 5.56 Å². The first-order valence-corrected chi connectivity index (χ1v) is 7.77. The molecule has 1 aliphatic heterocycles. The lowest BCUT2D eigenvalue weighted by Crippen LogP contribution is -2.55. The van der Waals surface area contributed by atoms with Gasteiger partial charge in [0, 0.05) is 32.7 Å². The number of rotatable bonds is 5. The van der Waals surface area contributed by atoms with Crippen molar-refractivity contribution in [1.29, 1.82) is 0 Å². The summed E-state index contributed by atoms with van der Waals surface area (Å²) in [7, 11) is 1.93. The Kier molecular flexibility index (Phi) is 6.13. The first-order chi connectivity index (χ1) is 11.4. The number of aliphatic hydroxyl groups is 2. The number of phenolic OH excluding ortho intramolecular Hbond substituents is 1. The number of amides is 2. The van der Waals surface area contributed by atoms with Gasteiger partial charge in [-0.15, -0.1) is 0 Å². The third kappa shape index (κ3) is 4.67. The van der Waals surface area contributed by atoms with Crippen LogP contribution in [0.4, 0.5) is 0 Å². The minimum Gasteiger partial charge on any atom is -0.508 e. The van der Waals surface area contributed by atoms with Crippen molar-refractivity contribution in [3.63, 3.8) is 0 Å². The molecule has 24 heavy (non-hydrogen) atoms. The quantitative estimate of drug-likeness (QED) is 0.520.